The third-order valence-electron chi connectivity index (χ3n) is 3.20. The number of nitrogens with two attached hydrogens (primary N) is 1. The van der Waals surface area contributed by atoms with Crippen LogP contribution < -0.4 is 10.6 Å². The molecule has 1 aliphatic heterocycles. The minimum absolute atomic E-state index is 0.0953. The molecule has 0 spiro atoms. The van der Waals surface area contributed by atoms with Crippen LogP contribution in [0, 0.1) is 5.82 Å². The summed E-state index contributed by atoms with van der Waals surface area (Å²) in [5.74, 6) is 0.271. The maximum atomic E-state index is 12.9. The van der Waals surface area contributed by atoms with Gasteiger partial charge < -0.3 is 10.6 Å². The lowest BCUT2D eigenvalue weighted by Gasteiger charge is -2.35. The molecule has 0 saturated carbocycles. The zero-order valence-electron chi connectivity index (χ0n) is 9.57. The Labute approximate surface area is 94.8 Å². The molecule has 0 radical (unpaired) electrons. The van der Waals surface area contributed by atoms with Crippen molar-refractivity contribution in [1.29, 1.82) is 0 Å². The van der Waals surface area contributed by atoms with Crippen LogP contribution in [-0.4, -0.2) is 18.0 Å². The SMILES string of the molecule is CCC1(C)CN=C(N)N1c1ccc(F)cc1. The fourth-order valence-corrected chi connectivity index (χ4v) is 1.97. The van der Waals surface area contributed by atoms with E-state index in [9.17, 15) is 4.39 Å². The number of nitrogens with zero attached hydrogens (tertiary/aromatic N) is 2. The van der Waals surface area contributed by atoms with Crippen molar-refractivity contribution in [2.24, 2.45) is 10.7 Å². The predicted octanol–water partition coefficient (Wildman–Crippen LogP) is 2.13. The molecule has 1 atom stereocenters. The Hall–Kier alpha value is -1.58. The summed E-state index contributed by atoms with van der Waals surface area (Å²) in [6.07, 6.45) is 0.939. The first-order chi connectivity index (χ1) is 7.57. The highest BCUT2D eigenvalue weighted by atomic mass is 19.1. The molecule has 86 valence electrons. The average Bonchev–Trinajstić information content (AvgIpc) is 2.58. The molecule has 0 bridgehead atoms. The van der Waals surface area contributed by atoms with Gasteiger partial charge in [0.2, 0.25) is 0 Å². The number of rotatable bonds is 2. The fraction of sp³-hybridized carbons (Fsp3) is 0.417. The molecular formula is C12H16FN3. The van der Waals surface area contributed by atoms with Crippen LogP contribution >= 0.6 is 0 Å². The van der Waals surface area contributed by atoms with E-state index in [-0.39, 0.29) is 11.4 Å². The highest BCUT2D eigenvalue weighted by Crippen LogP contribution is 2.30. The Morgan fingerprint density at radius 3 is 2.62 bits per heavy atom. The van der Waals surface area contributed by atoms with E-state index in [1.807, 2.05) is 4.90 Å². The second kappa shape index (κ2) is 3.77. The summed E-state index contributed by atoms with van der Waals surface area (Å²) in [4.78, 5) is 6.25. The monoisotopic (exact) mass is 221 g/mol. The fourth-order valence-electron chi connectivity index (χ4n) is 1.97. The Kier molecular flexibility index (Phi) is 2.58. The molecule has 1 aromatic carbocycles. The molecule has 0 saturated heterocycles. The number of guanidine groups is 1. The smallest absolute Gasteiger partial charge is 0.196 e. The molecule has 0 aliphatic carbocycles. The van der Waals surface area contributed by atoms with Crippen molar-refractivity contribution in [1.82, 2.24) is 0 Å². The second-order valence-corrected chi connectivity index (χ2v) is 4.34. The Morgan fingerprint density at radius 1 is 1.44 bits per heavy atom. The Bertz CT molecular complexity index is 413. The molecule has 3 nitrogen and oxygen atoms in total. The lowest BCUT2D eigenvalue weighted by molar-refractivity contribution is 0.485. The summed E-state index contributed by atoms with van der Waals surface area (Å²) in [5, 5.41) is 0. The second-order valence-electron chi connectivity index (χ2n) is 4.34. The van der Waals surface area contributed by atoms with Gasteiger partial charge in [0.1, 0.15) is 5.82 Å². The van der Waals surface area contributed by atoms with Gasteiger partial charge in [0, 0.05) is 5.69 Å². The van der Waals surface area contributed by atoms with Crippen molar-refractivity contribution in [3.63, 3.8) is 0 Å². The van der Waals surface area contributed by atoms with Gasteiger partial charge >= 0.3 is 0 Å². The quantitative estimate of drug-likeness (QED) is 0.831. The molecule has 0 fully saturated rings. The lowest BCUT2D eigenvalue weighted by Crippen LogP contribution is -2.49. The molecule has 4 heteroatoms. The average molecular weight is 221 g/mol. The van der Waals surface area contributed by atoms with Gasteiger partial charge in [-0.05, 0) is 37.6 Å². The van der Waals surface area contributed by atoms with Crippen LogP contribution in [0.3, 0.4) is 0 Å². The van der Waals surface area contributed by atoms with Crippen molar-refractivity contribution in [3.05, 3.63) is 30.1 Å². The van der Waals surface area contributed by atoms with Crippen molar-refractivity contribution >= 4 is 11.6 Å². The van der Waals surface area contributed by atoms with Gasteiger partial charge in [-0.25, -0.2) is 4.39 Å². The van der Waals surface area contributed by atoms with Crippen molar-refractivity contribution in [2.75, 3.05) is 11.4 Å². The topological polar surface area (TPSA) is 41.6 Å². The molecule has 16 heavy (non-hydrogen) atoms. The highest BCUT2D eigenvalue weighted by molar-refractivity contribution is 5.98. The molecule has 2 rings (SSSR count). The predicted molar refractivity (Wildman–Crippen MR) is 64.1 cm³/mol. The van der Waals surface area contributed by atoms with Gasteiger partial charge in [0.15, 0.2) is 5.96 Å². The third-order valence-corrected chi connectivity index (χ3v) is 3.20. The van der Waals surface area contributed by atoms with Gasteiger partial charge in [0.05, 0.1) is 12.1 Å². The summed E-state index contributed by atoms with van der Waals surface area (Å²) in [7, 11) is 0. The van der Waals surface area contributed by atoms with E-state index in [1.54, 1.807) is 12.1 Å². The summed E-state index contributed by atoms with van der Waals surface area (Å²) in [5.41, 5.74) is 6.68. The first-order valence-electron chi connectivity index (χ1n) is 5.42. The van der Waals surface area contributed by atoms with Crippen LogP contribution in [0.2, 0.25) is 0 Å². The minimum atomic E-state index is -0.239. The zero-order valence-corrected chi connectivity index (χ0v) is 9.57. The molecule has 1 heterocycles. The lowest BCUT2D eigenvalue weighted by atomic mass is 9.97. The van der Waals surface area contributed by atoms with E-state index in [4.69, 9.17) is 5.73 Å². The van der Waals surface area contributed by atoms with Gasteiger partial charge in [-0.1, -0.05) is 6.92 Å². The first kappa shape index (κ1) is 10.9. The van der Waals surface area contributed by atoms with E-state index in [0.717, 1.165) is 12.1 Å². The number of anilines is 1. The first-order valence-corrected chi connectivity index (χ1v) is 5.42. The third kappa shape index (κ3) is 1.64. The number of hydrogen-bond donors (Lipinski definition) is 1. The Morgan fingerprint density at radius 2 is 2.06 bits per heavy atom. The number of halogens is 1. The van der Waals surface area contributed by atoms with Crippen LogP contribution in [0.15, 0.2) is 29.3 Å². The minimum Gasteiger partial charge on any atom is -0.369 e. The van der Waals surface area contributed by atoms with E-state index in [0.29, 0.717) is 12.5 Å². The van der Waals surface area contributed by atoms with Gasteiger partial charge in [-0.15, -0.1) is 0 Å². The standard InChI is InChI=1S/C12H16FN3/c1-3-12(2)8-15-11(14)16(12)10-6-4-9(13)5-7-10/h4-7H,3,8H2,1-2H3,(H2,14,15). The Balaban J connectivity index is 2.38. The van der Waals surface area contributed by atoms with E-state index < -0.39 is 0 Å². The number of benzene rings is 1. The van der Waals surface area contributed by atoms with E-state index in [1.165, 1.54) is 12.1 Å². The largest absolute Gasteiger partial charge is 0.369 e. The van der Waals surface area contributed by atoms with Gasteiger partial charge in [-0.3, -0.25) is 4.99 Å². The summed E-state index contributed by atoms with van der Waals surface area (Å²) in [6, 6.07) is 6.35. The molecular weight excluding hydrogens is 205 g/mol. The van der Waals surface area contributed by atoms with E-state index in [2.05, 4.69) is 18.8 Å². The summed E-state index contributed by atoms with van der Waals surface area (Å²) in [6.45, 7) is 4.90. The van der Waals surface area contributed by atoms with Gasteiger partial charge in [0.25, 0.3) is 0 Å². The summed E-state index contributed by atoms with van der Waals surface area (Å²) >= 11 is 0. The van der Waals surface area contributed by atoms with Crippen molar-refractivity contribution in [3.8, 4) is 0 Å². The van der Waals surface area contributed by atoms with Crippen LogP contribution in [-0.2, 0) is 0 Å². The molecule has 1 aromatic rings. The maximum Gasteiger partial charge on any atom is 0.196 e. The van der Waals surface area contributed by atoms with Crippen LogP contribution in [0.1, 0.15) is 20.3 Å². The molecule has 1 aliphatic rings. The van der Waals surface area contributed by atoms with Crippen molar-refractivity contribution < 1.29 is 4.39 Å². The van der Waals surface area contributed by atoms with Crippen LogP contribution in [0.25, 0.3) is 0 Å². The molecule has 2 N–H and O–H groups in total. The number of hydrogen-bond acceptors (Lipinski definition) is 3. The maximum absolute atomic E-state index is 12.9. The van der Waals surface area contributed by atoms with Crippen LogP contribution in [0.5, 0.6) is 0 Å². The molecule has 0 amide bonds. The summed E-state index contributed by atoms with van der Waals surface area (Å²) < 4.78 is 12.9. The zero-order chi connectivity index (χ0) is 11.8. The number of aliphatic imine (C=N–C) groups is 1. The molecule has 0 aromatic heterocycles. The van der Waals surface area contributed by atoms with Gasteiger partial charge in [-0.2, -0.15) is 0 Å². The van der Waals surface area contributed by atoms with E-state index >= 15 is 0 Å². The highest BCUT2D eigenvalue weighted by Gasteiger charge is 2.37. The molecule has 1 unspecified atom stereocenters. The van der Waals surface area contributed by atoms with Crippen LogP contribution in [0.4, 0.5) is 10.1 Å². The van der Waals surface area contributed by atoms with Crippen molar-refractivity contribution in [2.45, 2.75) is 25.8 Å². The normalized spacial score (nSPS) is 24.7.